The van der Waals surface area contributed by atoms with Crippen LogP contribution in [0.4, 0.5) is 4.39 Å². The Morgan fingerprint density at radius 1 is 1.29 bits per heavy atom. The second kappa shape index (κ2) is 6.20. The van der Waals surface area contributed by atoms with Crippen molar-refractivity contribution in [3.05, 3.63) is 34.6 Å². The lowest BCUT2D eigenvalue weighted by Gasteiger charge is -2.06. The zero-order valence-corrected chi connectivity index (χ0v) is 9.97. The molecule has 17 heavy (non-hydrogen) atoms. The van der Waals surface area contributed by atoms with E-state index >= 15 is 0 Å². The summed E-state index contributed by atoms with van der Waals surface area (Å²) in [6, 6.07) is 3.75. The highest BCUT2D eigenvalue weighted by molar-refractivity contribution is 6.30. The molecule has 6 heteroatoms. The summed E-state index contributed by atoms with van der Waals surface area (Å²) in [6.45, 7) is 1.89. The lowest BCUT2D eigenvalue weighted by Crippen LogP contribution is -2.34. The molecule has 4 nitrogen and oxygen atoms in total. The predicted octanol–water partition coefficient (Wildman–Crippen LogP) is 1.34. The first-order valence-electron chi connectivity index (χ1n) is 4.98. The molecule has 2 N–H and O–H groups in total. The third-order valence-corrected chi connectivity index (χ3v) is 2.19. The number of benzene rings is 1. The van der Waals surface area contributed by atoms with Crippen LogP contribution in [0, 0.1) is 5.82 Å². The Hall–Kier alpha value is -1.62. The third-order valence-electron chi connectivity index (χ3n) is 1.96. The average molecular weight is 259 g/mol. The largest absolute Gasteiger partial charge is 0.355 e. The molecule has 0 unspecified atom stereocenters. The molecule has 0 aliphatic rings. The number of hydrogen-bond donors (Lipinski definition) is 2. The standard InChI is InChI=1S/C11H12ClFN2O2/c1-7(16)14-4-5-15-11(17)9-6-8(12)2-3-10(9)13/h2-3,6H,4-5H2,1H3,(H,14,16)(H,15,17). The van der Waals surface area contributed by atoms with Gasteiger partial charge in [-0.25, -0.2) is 4.39 Å². The maximum absolute atomic E-state index is 13.3. The SMILES string of the molecule is CC(=O)NCCNC(=O)c1cc(Cl)ccc1F. The summed E-state index contributed by atoms with van der Waals surface area (Å²) in [5.41, 5.74) is -0.111. The fraction of sp³-hybridized carbons (Fsp3) is 0.273. The van der Waals surface area contributed by atoms with Gasteiger partial charge in [0.05, 0.1) is 5.56 Å². The van der Waals surface area contributed by atoms with Gasteiger partial charge in [-0.05, 0) is 18.2 Å². The monoisotopic (exact) mass is 258 g/mol. The fourth-order valence-electron chi connectivity index (χ4n) is 1.18. The maximum Gasteiger partial charge on any atom is 0.254 e. The van der Waals surface area contributed by atoms with Gasteiger partial charge in [0.25, 0.3) is 5.91 Å². The van der Waals surface area contributed by atoms with Gasteiger partial charge >= 0.3 is 0 Å². The van der Waals surface area contributed by atoms with Gasteiger partial charge in [0.15, 0.2) is 0 Å². The van der Waals surface area contributed by atoms with Crippen LogP contribution in [-0.4, -0.2) is 24.9 Å². The summed E-state index contributed by atoms with van der Waals surface area (Å²) in [7, 11) is 0. The van der Waals surface area contributed by atoms with Crippen LogP contribution in [-0.2, 0) is 4.79 Å². The van der Waals surface area contributed by atoms with Gasteiger partial charge in [-0.3, -0.25) is 9.59 Å². The van der Waals surface area contributed by atoms with Gasteiger partial charge in [0.1, 0.15) is 5.82 Å². The smallest absolute Gasteiger partial charge is 0.254 e. The van der Waals surface area contributed by atoms with Crippen molar-refractivity contribution in [3.63, 3.8) is 0 Å². The van der Waals surface area contributed by atoms with Crippen molar-refractivity contribution in [1.82, 2.24) is 10.6 Å². The molecule has 0 aliphatic heterocycles. The lowest BCUT2D eigenvalue weighted by molar-refractivity contribution is -0.118. The molecule has 0 saturated carbocycles. The molecule has 1 rings (SSSR count). The Morgan fingerprint density at radius 3 is 2.59 bits per heavy atom. The average Bonchev–Trinajstić information content (AvgIpc) is 2.27. The first-order chi connectivity index (χ1) is 8.00. The summed E-state index contributed by atoms with van der Waals surface area (Å²) >= 11 is 5.66. The number of amides is 2. The number of carbonyl (C=O) groups is 2. The van der Waals surface area contributed by atoms with Gasteiger partial charge < -0.3 is 10.6 Å². The van der Waals surface area contributed by atoms with Crippen molar-refractivity contribution in [2.45, 2.75) is 6.92 Å². The second-order valence-electron chi connectivity index (χ2n) is 3.36. The molecule has 0 fully saturated rings. The summed E-state index contributed by atoms with van der Waals surface area (Å²) < 4.78 is 13.3. The molecule has 0 saturated heterocycles. The van der Waals surface area contributed by atoms with E-state index in [0.29, 0.717) is 11.6 Å². The fourth-order valence-corrected chi connectivity index (χ4v) is 1.35. The molecule has 0 heterocycles. The molecule has 0 atom stereocenters. The molecule has 0 spiro atoms. The summed E-state index contributed by atoms with van der Waals surface area (Å²) in [5.74, 6) is -1.38. The highest BCUT2D eigenvalue weighted by Gasteiger charge is 2.11. The number of nitrogens with one attached hydrogen (secondary N) is 2. The van der Waals surface area contributed by atoms with Crippen LogP contribution >= 0.6 is 11.6 Å². The molecule has 1 aromatic rings. The first kappa shape index (κ1) is 13.4. The molecular formula is C11H12ClFN2O2. The Kier molecular flexibility index (Phi) is 4.90. The molecule has 0 aliphatic carbocycles. The van der Waals surface area contributed by atoms with Crippen LogP contribution in [0.1, 0.15) is 17.3 Å². The van der Waals surface area contributed by atoms with Crippen LogP contribution in [0.3, 0.4) is 0 Å². The van der Waals surface area contributed by atoms with E-state index in [9.17, 15) is 14.0 Å². The van der Waals surface area contributed by atoms with Crippen molar-refractivity contribution in [3.8, 4) is 0 Å². The van der Waals surface area contributed by atoms with E-state index in [-0.39, 0.29) is 18.0 Å². The maximum atomic E-state index is 13.3. The van der Waals surface area contributed by atoms with Gasteiger partial charge in [-0.1, -0.05) is 11.6 Å². The van der Waals surface area contributed by atoms with Gasteiger partial charge in [-0.2, -0.15) is 0 Å². The molecule has 1 aromatic carbocycles. The van der Waals surface area contributed by atoms with E-state index in [1.54, 1.807) is 0 Å². The van der Waals surface area contributed by atoms with Gasteiger partial charge in [-0.15, -0.1) is 0 Å². The zero-order chi connectivity index (χ0) is 12.8. The minimum Gasteiger partial charge on any atom is -0.355 e. The quantitative estimate of drug-likeness (QED) is 0.801. The second-order valence-corrected chi connectivity index (χ2v) is 3.80. The summed E-state index contributed by atoms with van der Waals surface area (Å²) in [6.07, 6.45) is 0. The van der Waals surface area contributed by atoms with Gasteiger partial charge in [0.2, 0.25) is 5.91 Å². The Morgan fingerprint density at radius 2 is 1.94 bits per heavy atom. The van der Waals surface area contributed by atoms with Crippen LogP contribution in [0.5, 0.6) is 0 Å². The minimum atomic E-state index is -0.633. The highest BCUT2D eigenvalue weighted by atomic mass is 35.5. The van der Waals surface area contributed by atoms with E-state index in [1.165, 1.54) is 19.1 Å². The van der Waals surface area contributed by atoms with Crippen LogP contribution in [0.2, 0.25) is 5.02 Å². The van der Waals surface area contributed by atoms with E-state index < -0.39 is 11.7 Å². The molecule has 0 bridgehead atoms. The van der Waals surface area contributed by atoms with Crippen molar-refractivity contribution < 1.29 is 14.0 Å². The topological polar surface area (TPSA) is 58.2 Å². The van der Waals surface area contributed by atoms with Crippen molar-refractivity contribution in [1.29, 1.82) is 0 Å². The van der Waals surface area contributed by atoms with E-state index in [4.69, 9.17) is 11.6 Å². The number of rotatable bonds is 4. The normalized spacial score (nSPS) is 9.82. The van der Waals surface area contributed by atoms with Crippen molar-refractivity contribution >= 4 is 23.4 Å². The third kappa shape index (κ3) is 4.40. The minimum absolute atomic E-state index is 0.111. The first-order valence-corrected chi connectivity index (χ1v) is 5.36. The van der Waals surface area contributed by atoms with Crippen molar-refractivity contribution in [2.75, 3.05) is 13.1 Å². The van der Waals surface area contributed by atoms with E-state index in [2.05, 4.69) is 10.6 Å². The van der Waals surface area contributed by atoms with Crippen molar-refractivity contribution in [2.24, 2.45) is 0 Å². The van der Waals surface area contributed by atoms with Crippen LogP contribution < -0.4 is 10.6 Å². The molecule has 2 amide bonds. The predicted molar refractivity (Wildman–Crippen MR) is 62.4 cm³/mol. The summed E-state index contributed by atoms with van der Waals surface area (Å²) in [4.78, 5) is 22.1. The van der Waals surface area contributed by atoms with Crippen LogP contribution in [0.25, 0.3) is 0 Å². The summed E-state index contributed by atoms with van der Waals surface area (Å²) in [5, 5.41) is 5.27. The zero-order valence-electron chi connectivity index (χ0n) is 9.22. The Bertz CT molecular complexity index is 437. The van der Waals surface area contributed by atoms with Gasteiger partial charge in [0, 0.05) is 25.0 Å². The van der Waals surface area contributed by atoms with Crippen LogP contribution in [0.15, 0.2) is 18.2 Å². The lowest BCUT2D eigenvalue weighted by atomic mass is 10.2. The molecule has 0 radical (unpaired) electrons. The highest BCUT2D eigenvalue weighted by Crippen LogP contribution is 2.14. The number of carbonyl (C=O) groups excluding carboxylic acids is 2. The number of hydrogen-bond acceptors (Lipinski definition) is 2. The molecular weight excluding hydrogens is 247 g/mol. The van der Waals surface area contributed by atoms with E-state index in [0.717, 1.165) is 6.07 Å². The Labute approximate surface area is 103 Å². The molecule has 0 aromatic heterocycles. The Balaban J connectivity index is 2.52. The number of halogens is 2. The van der Waals surface area contributed by atoms with E-state index in [1.807, 2.05) is 0 Å². The molecule has 92 valence electrons.